The third-order valence-electron chi connectivity index (χ3n) is 1.66. The van der Waals surface area contributed by atoms with Crippen LogP contribution in [0.1, 0.15) is 6.92 Å². The molecule has 0 aromatic carbocycles. The summed E-state index contributed by atoms with van der Waals surface area (Å²) >= 11 is 2.18. The molecule has 0 saturated heterocycles. The van der Waals surface area contributed by atoms with Crippen LogP contribution in [-0.4, -0.2) is 36.6 Å². The minimum absolute atomic E-state index is 0.187. The first kappa shape index (κ1) is 11.7. The predicted molar refractivity (Wildman–Crippen MR) is 65.6 cm³/mol. The third-order valence-corrected chi connectivity index (χ3v) is 2.30. The van der Waals surface area contributed by atoms with Gasteiger partial charge in [-0.2, -0.15) is 0 Å². The monoisotopic (exact) mass is 306 g/mol. The molecule has 0 fully saturated rings. The van der Waals surface area contributed by atoms with Crippen LogP contribution in [0.4, 0.5) is 0 Å². The molecule has 0 radical (unpaired) electrons. The average molecular weight is 306 g/mol. The summed E-state index contributed by atoms with van der Waals surface area (Å²) in [6, 6.07) is 3.89. The molecule has 0 bridgehead atoms. The second-order valence-electron chi connectivity index (χ2n) is 3.51. The lowest BCUT2D eigenvalue weighted by Gasteiger charge is -2.18. The van der Waals surface area contributed by atoms with Gasteiger partial charge in [0.25, 0.3) is 0 Å². The average Bonchev–Trinajstić information content (AvgIpc) is 2.07. The molecule has 0 saturated carbocycles. The van der Waals surface area contributed by atoms with Crippen LogP contribution >= 0.6 is 22.6 Å². The van der Waals surface area contributed by atoms with Crippen LogP contribution in [0.3, 0.4) is 0 Å². The van der Waals surface area contributed by atoms with Crippen LogP contribution < -0.4 is 4.74 Å². The molecule has 1 aromatic heterocycles. The highest BCUT2D eigenvalue weighted by atomic mass is 127. The van der Waals surface area contributed by atoms with Crippen molar-refractivity contribution in [3.8, 4) is 5.75 Å². The number of likely N-dealkylation sites (N-methyl/N-ethyl adjacent to an activating group) is 1. The van der Waals surface area contributed by atoms with Gasteiger partial charge in [-0.1, -0.05) is 0 Å². The van der Waals surface area contributed by atoms with Gasteiger partial charge in [0, 0.05) is 6.54 Å². The largest absolute Gasteiger partial charge is 0.488 e. The van der Waals surface area contributed by atoms with Gasteiger partial charge in [-0.15, -0.1) is 0 Å². The molecule has 1 unspecified atom stereocenters. The zero-order valence-electron chi connectivity index (χ0n) is 8.70. The van der Waals surface area contributed by atoms with Gasteiger partial charge in [0.05, 0.1) is 6.20 Å². The third kappa shape index (κ3) is 4.23. The number of hydrogen-bond acceptors (Lipinski definition) is 3. The molecule has 0 N–H and O–H groups in total. The van der Waals surface area contributed by atoms with Gasteiger partial charge < -0.3 is 9.64 Å². The van der Waals surface area contributed by atoms with Crippen molar-refractivity contribution < 1.29 is 4.74 Å². The maximum Gasteiger partial charge on any atom is 0.138 e. The predicted octanol–water partition coefficient (Wildman–Crippen LogP) is 2.02. The Kier molecular flexibility index (Phi) is 4.60. The Bertz CT molecular complexity index is 274. The van der Waals surface area contributed by atoms with Crippen molar-refractivity contribution in [3.05, 3.63) is 22.0 Å². The highest BCUT2D eigenvalue weighted by Gasteiger charge is 2.04. The van der Waals surface area contributed by atoms with E-state index in [1.165, 1.54) is 0 Å². The van der Waals surface area contributed by atoms with Gasteiger partial charge >= 0.3 is 0 Å². The zero-order valence-corrected chi connectivity index (χ0v) is 10.9. The lowest BCUT2D eigenvalue weighted by molar-refractivity contribution is 0.176. The van der Waals surface area contributed by atoms with E-state index < -0.39 is 0 Å². The first-order chi connectivity index (χ1) is 6.58. The van der Waals surface area contributed by atoms with Crippen molar-refractivity contribution in [1.82, 2.24) is 9.88 Å². The van der Waals surface area contributed by atoms with Crippen molar-refractivity contribution >= 4 is 22.6 Å². The van der Waals surface area contributed by atoms with E-state index in [0.29, 0.717) is 0 Å². The maximum absolute atomic E-state index is 5.67. The van der Waals surface area contributed by atoms with Crippen molar-refractivity contribution in [2.75, 3.05) is 20.6 Å². The minimum Gasteiger partial charge on any atom is -0.488 e. The Labute approximate surface area is 98.6 Å². The van der Waals surface area contributed by atoms with Crippen molar-refractivity contribution in [3.63, 3.8) is 0 Å². The van der Waals surface area contributed by atoms with Crippen LogP contribution in [0, 0.1) is 3.70 Å². The van der Waals surface area contributed by atoms with Gasteiger partial charge in [-0.25, -0.2) is 4.98 Å². The molecule has 1 rings (SSSR count). The number of pyridine rings is 1. The highest BCUT2D eigenvalue weighted by molar-refractivity contribution is 14.1. The smallest absolute Gasteiger partial charge is 0.138 e. The maximum atomic E-state index is 5.67. The quantitative estimate of drug-likeness (QED) is 0.628. The highest BCUT2D eigenvalue weighted by Crippen LogP contribution is 2.12. The molecular formula is C10H15IN2O. The molecule has 0 amide bonds. The molecule has 14 heavy (non-hydrogen) atoms. The van der Waals surface area contributed by atoms with Gasteiger partial charge in [0.15, 0.2) is 0 Å². The summed E-state index contributed by atoms with van der Waals surface area (Å²) in [5.74, 6) is 0.833. The Hall–Kier alpha value is -0.360. The molecule has 1 heterocycles. The Balaban J connectivity index is 2.47. The second kappa shape index (κ2) is 5.50. The fourth-order valence-corrected chi connectivity index (χ4v) is 1.53. The lowest BCUT2D eigenvalue weighted by atomic mass is 10.4. The number of rotatable bonds is 4. The number of halogens is 1. The summed E-state index contributed by atoms with van der Waals surface area (Å²) in [4.78, 5) is 6.26. The first-order valence-electron chi connectivity index (χ1n) is 4.51. The zero-order chi connectivity index (χ0) is 10.6. The molecule has 4 heteroatoms. The lowest BCUT2D eigenvalue weighted by Crippen LogP contribution is -2.27. The fraction of sp³-hybridized carbons (Fsp3) is 0.500. The number of hydrogen-bond donors (Lipinski definition) is 0. The topological polar surface area (TPSA) is 25.4 Å². The van der Waals surface area contributed by atoms with Gasteiger partial charge in [-0.05, 0) is 55.7 Å². The molecule has 3 nitrogen and oxygen atoms in total. The standard InChI is InChI=1S/C10H15IN2O/c1-8(7-13(2)3)14-9-4-5-10(11)12-6-9/h4-6,8H,7H2,1-3H3. The summed E-state index contributed by atoms with van der Waals surface area (Å²) < 4.78 is 6.65. The molecule has 1 aromatic rings. The van der Waals surface area contributed by atoms with Crippen LogP contribution in [0.2, 0.25) is 0 Å². The van der Waals surface area contributed by atoms with E-state index in [1.807, 2.05) is 26.2 Å². The number of nitrogens with zero attached hydrogens (tertiary/aromatic N) is 2. The Morgan fingerprint density at radius 3 is 2.71 bits per heavy atom. The SMILES string of the molecule is CC(CN(C)C)Oc1ccc(I)nc1. The van der Waals surface area contributed by atoms with E-state index >= 15 is 0 Å². The molecule has 0 aliphatic heterocycles. The molecule has 0 aliphatic rings. The van der Waals surface area contributed by atoms with E-state index in [1.54, 1.807) is 6.20 Å². The Morgan fingerprint density at radius 1 is 1.50 bits per heavy atom. The first-order valence-corrected chi connectivity index (χ1v) is 5.58. The Morgan fingerprint density at radius 2 is 2.21 bits per heavy atom. The van der Waals surface area contributed by atoms with E-state index in [0.717, 1.165) is 16.0 Å². The second-order valence-corrected chi connectivity index (χ2v) is 4.61. The summed E-state index contributed by atoms with van der Waals surface area (Å²) in [5.41, 5.74) is 0. The van der Waals surface area contributed by atoms with Gasteiger partial charge in [-0.3, -0.25) is 0 Å². The normalized spacial score (nSPS) is 12.9. The number of aromatic nitrogens is 1. The van der Waals surface area contributed by atoms with Crippen LogP contribution in [0.15, 0.2) is 18.3 Å². The van der Waals surface area contributed by atoms with Gasteiger partial charge in [0.1, 0.15) is 15.6 Å². The van der Waals surface area contributed by atoms with Gasteiger partial charge in [0.2, 0.25) is 0 Å². The minimum atomic E-state index is 0.187. The summed E-state index contributed by atoms with van der Waals surface area (Å²) in [6.07, 6.45) is 1.94. The van der Waals surface area contributed by atoms with Crippen molar-refractivity contribution in [2.24, 2.45) is 0 Å². The summed E-state index contributed by atoms with van der Waals surface area (Å²) in [7, 11) is 4.07. The van der Waals surface area contributed by atoms with Crippen molar-refractivity contribution in [1.29, 1.82) is 0 Å². The van der Waals surface area contributed by atoms with E-state index in [-0.39, 0.29) is 6.10 Å². The number of ether oxygens (including phenoxy) is 1. The van der Waals surface area contributed by atoms with Crippen LogP contribution in [0.5, 0.6) is 5.75 Å². The van der Waals surface area contributed by atoms with E-state index in [2.05, 4.69) is 39.4 Å². The molecule has 0 spiro atoms. The molecule has 1 atom stereocenters. The van der Waals surface area contributed by atoms with E-state index in [4.69, 9.17) is 4.74 Å². The molecule has 78 valence electrons. The fourth-order valence-electron chi connectivity index (χ4n) is 1.22. The van der Waals surface area contributed by atoms with Crippen LogP contribution in [0.25, 0.3) is 0 Å². The molecular weight excluding hydrogens is 291 g/mol. The summed E-state index contributed by atoms with van der Waals surface area (Å²) in [6.45, 7) is 2.96. The van der Waals surface area contributed by atoms with E-state index in [9.17, 15) is 0 Å². The summed E-state index contributed by atoms with van der Waals surface area (Å²) in [5, 5.41) is 0. The molecule has 0 aliphatic carbocycles. The van der Waals surface area contributed by atoms with Crippen LogP contribution in [-0.2, 0) is 0 Å². The van der Waals surface area contributed by atoms with Crippen molar-refractivity contribution in [2.45, 2.75) is 13.0 Å².